The molecule has 6 nitrogen and oxygen atoms in total. The quantitative estimate of drug-likeness (QED) is 0.797. The van der Waals surface area contributed by atoms with E-state index >= 15 is 0 Å². The van der Waals surface area contributed by atoms with Crippen LogP contribution in [0.1, 0.15) is 0 Å². The molecule has 18 heavy (non-hydrogen) atoms. The first-order chi connectivity index (χ1) is 8.65. The maximum atomic E-state index is 11.7. The van der Waals surface area contributed by atoms with E-state index in [4.69, 9.17) is 4.74 Å². The van der Waals surface area contributed by atoms with Crippen LogP contribution >= 0.6 is 0 Å². The lowest BCUT2D eigenvalue weighted by atomic mass is 10.3. The molecule has 1 aromatic rings. The molecule has 0 radical (unpaired) electrons. The zero-order chi connectivity index (χ0) is 13.4. The molecule has 0 aliphatic heterocycles. The molecule has 0 fully saturated rings. The summed E-state index contributed by atoms with van der Waals surface area (Å²) in [4.78, 5) is 24.2. The van der Waals surface area contributed by atoms with Crippen molar-refractivity contribution < 1.29 is 14.3 Å². The summed E-state index contributed by atoms with van der Waals surface area (Å²) in [6.45, 7) is 0.762. The lowest BCUT2D eigenvalue weighted by Crippen LogP contribution is -2.44. The van der Waals surface area contributed by atoms with Crippen molar-refractivity contribution in [1.82, 2.24) is 10.2 Å². The van der Waals surface area contributed by atoms with Gasteiger partial charge in [0.2, 0.25) is 0 Å². The second-order valence-electron chi connectivity index (χ2n) is 3.58. The molecule has 0 atom stereocenters. The van der Waals surface area contributed by atoms with Crippen molar-refractivity contribution in [3.8, 4) is 0 Å². The third-order valence-electron chi connectivity index (χ3n) is 2.22. The summed E-state index contributed by atoms with van der Waals surface area (Å²) in [6.07, 6.45) is 0. The Balaban J connectivity index is 2.43. The first-order valence-electron chi connectivity index (χ1n) is 5.51. The Kier molecular flexibility index (Phi) is 5.66. The van der Waals surface area contributed by atoms with Crippen molar-refractivity contribution in [3.63, 3.8) is 0 Å². The number of imide groups is 1. The molecule has 0 aliphatic rings. The van der Waals surface area contributed by atoms with Gasteiger partial charge in [0.25, 0.3) is 0 Å². The van der Waals surface area contributed by atoms with Gasteiger partial charge in [-0.05, 0) is 12.1 Å². The minimum atomic E-state index is -0.490. The smallest absolute Gasteiger partial charge is 0.329 e. The van der Waals surface area contributed by atoms with Crippen LogP contribution in [0.2, 0.25) is 0 Å². The molecule has 0 saturated carbocycles. The largest absolute Gasteiger partial charge is 0.383 e. The Hall–Kier alpha value is -2.08. The Morgan fingerprint density at radius 2 is 1.89 bits per heavy atom. The Morgan fingerprint density at radius 1 is 1.22 bits per heavy atom. The number of urea groups is 2. The number of methoxy groups -OCH3 is 1. The van der Waals surface area contributed by atoms with Gasteiger partial charge < -0.3 is 15.4 Å². The highest BCUT2D eigenvalue weighted by atomic mass is 16.5. The Bertz CT molecular complexity index is 395. The van der Waals surface area contributed by atoms with Gasteiger partial charge in [0.1, 0.15) is 0 Å². The maximum Gasteiger partial charge on any atom is 0.329 e. The van der Waals surface area contributed by atoms with E-state index in [0.717, 1.165) is 4.90 Å². The molecule has 0 aliphatic carbocycles. The number of hydrogen-bond acceptors (Lipinski definition) is 3. The molecular weight excluding hydrogens is 234 g/mol. The summed E-state index contributed by atoms with van der Waals surface area (Å²) in [5.74, 6) is 0. The van der Waals surface area contributed by atoms with E-state index in [-0.39, 0.29) is 0 Å². The number of carbonyl (C=O) groups excluding carboxylic acids is 2. The molecule has 98 valence electrons. The van der Waals surface area contributed by atoms with Gasteiger partial charge in [0.05, 0.1) is 6.61 Å². The Morgan fingerprint density at radius 3 is 2.50 bits per heavy atom. The summed E-state index contributed by atoms with van der Waals surface area (Å²) in [7, 11) is 2.94. The van der Waals surface area contributed by atoms with Gasteiger partial charge >= 0.3 is 12.1 Å². The van der Waals surface area contributed by atoms with E-state index in [1.807, 2.05) is 6.07 Å². The number of carbonyl (C=O) groups is 2. The van der Waals surface area contributed by atoms with Gasteiger partial charge in [-0.2, -0.15) is 0 Å². The third-order valence-corrected chi connectivity index (χ3v) is 2.22. The van der Waals surface area contributed by atoms with Crippen molar-refractivity contribution in [3.05, 3.63) is 30.3 Å². The molecule has 4 amide bonds. The monoisotopic (exact) mass is 251 g/mol. The average molecular weight is 251 g/mol. The molecule has 0 spiro atoms. The molecular formula is C12H17N3O3. The summed E-state index contributed by atoms with van der Waals surface area (Å²) >= 11 is 0. The highest BCUT2D eigenvalue weighted by Crippen LogP contribution is 2.05. The standard InChI is InChI=1S/C12H17N3O3/c1-15(11(16)13-8-9-18-2)12(17)14-10-6-4-3-5-7-10/h3-7H,8-9H2,1-2H3,(H,13,16)(H,14,17). The van der Waals surface area contributed by atoms with Gasteiger partial charge in [0.15, 0.2) is 0 Å². The minimum absolute atomic E-state index is 0.359. The number of anilines is 1. The highest BCUT2D eigenvalue weighted by molar-refractivity contribution is 6.00. The lowest BCUT2D eigenvalue weighted by Gasteiger charge is -2.16. The van der Waals surface area contributed by atoms with Gasteiger partial charge in [-0.25, -0.2) is 14.5 Å². The van der Waals surface area contributed by atoms with Crippen LogP contribution in [-0.4, -0.2) is 44.3 Å². The number of nitrogens with zero attached hydrogens (tertiary/aromatic N) is 1. The van der Waals surface area contributed by atoms with E-state index < -0.39 is 12.1 Å². The Labute approximate surface area is 106 Å². The van der Waals surface area contributed by atoms with E-state index in [1.54, 1.807) is 24.3 Å². The molecule has 0 aromatic heterocycles. The van der Waals surface area contributed by atoms with Crippen molar-refractivity contribution in [2.24, 2.45) is 0 Å². The van der Waals surface area contributed by atoms with Crippen LogP contribution in [-0.2, 0) is 4.74 Å². The zero-order valence-electron chi connectivity index (χ0n) is 10.5. The minimum Gasteiger partial charge on any atom is -0.383 e. The van der Waals surface area contributed by atoms with Crippen molar-refractivity contribution in [2.45, 2.75) is 0 Å². The normalized spacial score (nSPS) is 9.67. The summed E-state index contributed by atoms with van der Waals surface area (Å²) in [6, 6.07) is 7.97. The second-order valence-corrected chi connectivity index (χ2v) is 3.58. The average Bonchev–Trinajstić information content (AvgIpc) is 2.39. The number of rotatable bonds is 4. The number of para-hydroxylation sites is 1. The zero-order valence-corrected chi connectivity index (χ0v) is 10.5. The van der Waals surface area contributed by atoms with E-state index in [0.29, 0.717) is 18.8 Å². The fourth-order valence-corrected chi connectivity index (χ4v) is 1.20. The number of amides is 4. The predicted molar refractivity (Wildman–Crippen MR) is 68.5 cm³/mol. The van der Waals surface area contributed by atoms with Gasteiger partial charge in [-0.3, -0.25) is 0 Å². The first kappa shape index (κ1) is 14.0. The second kappa shape index (κ2) is 7.29. The molecule has 0 heterocycles. The number of benzene rings is 1. The van der Waals surface area contributed by atoms with E-state index in [1.165, 1.54) is 14.2 Å². The molecule has 2 N–H and O–H groups in total. The fourth-order valence-electron chi connectivity index (χ4n) is 1.20. The summed E-state index contributed by atoms with van der Waals surface area (Å²) < 4.78 is 4.79. The van der Waals surface area contributed by atoms with Crippen LogP contribution in [0.4, 0.5) is 15.3 Å². The van der Waals surface area contributed by atoms with Gasteiger partial charge in [-0.1, -0.05) is 18.2 Å². The van der Waals surface area contributed by atoms with Crippen LogP contribution in [0.3, 0.4) is 0 Å². The fraction of sp³-hybridized carbons (Fsp3) is 0.333. The molecule has 0 saturated heterocycles. The molecule has 0 bridgehead atoms. The first-order valence-corrected chi connectivity index (χ1v) is 5.51. The van der Waals surface area contributed by atoms with Crippen molar-refractivity contribution in [1.29, 1.82) is 0 Å². The van der Waals surface area contributed by atoms with Gasteiger partial charge in [0, 0.05) is 26.4 Å². The lowest BCUT2D eigenvalue weighted by molar-refractivity contribution is 0.185. The van der Waals surface area contributed by atoms with Crippen molar-refractivity contribution >= 4 is 17.7 Å². The van der Waals surface area contributed by atoms with Crippen LogP contribution in [0, 0.1) is 0 Å². The third kappa shape index (κ3) is 4.42. The van der Waals surface area contributed by atoms with Crippen LogP contribution in [0.5, 0.6) is 0 Å². The van der Waals surface area contributed by atoms with Crippen molar-refractivity contribution in [2.75, 3.05) is 32.6 Å². The van der Waals surface area contributed by atoms with Crippen LogP contribution in [0.15, 0.2) is 30.3 Å². The van der Waals surface area contributed by atoms with Gasteiger partial charge in [-0.15, -0.1) is 0 Å². The van der Waals surface area contributed by atoms with Crippen LogP contribution < -0.4 is 10.6 Å². The molecule has 1 aromatic carbocycles. The topological polar surface area (TPSA) is 70.7 Å². The highest BCUT2D eigenvalue weighted by Gasteiger charge is 2.15. The number of ether oxygens (including phenoxy) is 1. The number of nitrogens with one attached hydrogen (secondary N) is 2. The SMILES string of the molecule is COCCNC(=O)N(C)C(=O)Nc1ccccc1. The van der Waals surface area contributed by atoms with E-state index in [9.17, 15) is 9.59 Å². The molecule has 0 unspecified atom stereocenters. The van der Waals surface area contributed by atoms with Crippen LogP contribution in [0.25, 0.3) is 0 Å². The van der Waals surface area contributed by atoms with E-state index in [2.05, 4.69) is 10.6 Å². The number of hydrogen-bond donors (Lipinski definition) is 2. The summed E-state index contributed by atoms with van der Waals surface area (Å²) in [5, 5.41) is 5.16. The maximum absolute atomic E-state index is 11.7. The molecule has 1 rings (SSSR count). The predicted octanol–water partition coefficient (Wildman–Crippen LogP) is 1.51. The summed E-state index contributed by atoms with van der Waals surface area (Å²) in [5.41, 5.74) is 0.638. The molecule has 6 heteroatoms.